The summed E-state index contributed by atoms with van der Waals surface area (Å²) in [6.45, 7) is 2.64. The van der Waals surface area contributed by atoms with Crippen molar-refractivity contribution in [3.8, 4) is 0 Å². The Morgan fingerprint density at radius 2 is 2.50 bits per heavy atom. The number of ether oxygens (including phenoxy) is 1. The van der Waals surface area contributed by atoms with Gasteiger partial charge in [0.15, 0.2) is 0 Å². The molecule has 2 unspecified atom stereocenters. The molecule has 6 nitrogen and oxygen atoms in total. The molecule has 1 aliphatic rings. The molecule has 2 atom stereocenters. The molecule has 1 aromatic heterocycles. The van der Waals surface area contributed by atoms with Crippen LogP contribution in [0.3, 0.4) is 0 Å². The Hall–Kier alpha value is -1.56. The van der Waals surface area contributed by atoms with Gasteiger partial charge in [-0.2, -0.15) is 5.10 Å². The fraction of sp³-hybridized carbons (Fsp3) is 0.600. The van der Waals surface area contributed by atoms with Crippen LogP contribution in [0.2, 0.25) is 0 Å². The number of aromatic nitrogens is 2. The van der Waals surface area contributed by atoms with Gasteiger partial charge in [0.1, 0.15) is 11.4 Å². The smallest absolute Gasteiger partial charge is 0.256 e. The van der Waals surface area contributed by atoms with E-state index in [1.807, 2.05) is 6.92 Å². The Bertz CT molecular complexity index is 402. The van der Waals surface area contributed by atoms with Crippen LogP contribution in [0.5, 0.6) is 0 Å². The van der Waals surface area contributed by atoms with Crippen molar-refractivity contribution in [1.82, 2.24) is 15.1 Å². The summed E-state index contributed by atoms with van der Waals surface area (Å²) in [6.07, 6.45) is 2.37. The minimum absolute atomic E-state index is 0.0573. The lowest BCUT2D eigenvalue weighted by Gasteiger charge is -2.15. The number of aryl methyl sites for hydroxylation is 1. The quantitative estimate of drug-likeness (QED) is 0.735. The maximum absolute atomic E-state index is 11.9. The molecule has 2 rings (SSSR count). The second-order valence-electron chi connectivity index (χ2n) is 4.01. The van der Waals surface area contributed by atoms with Gasteiger partial charge in [0.2, 0.25) is 0 Å². The summed E-state index contributed by atoms with van der Waals surface area (Å²) in [6, 6.07) is 0.0621. The van der Waals surface area contributed by atoms with Crippen molar-refractivity contribution in [2.45, 2.75) is 25.5 Å². The van der Waals surface area contributed by atoms with Crippen LogP contribution in [-0.4, -0.2) is 34.4 Å². The van der Waals surface area contributed by atoms with E-state index in [4.69, 9.17) is 10.5 Å². The minimum atomic E-state index is -0.187. The Kier molecular flexibility index (Phi) is 2.82. The van der Waals surface area contributed by atoms with Gasteiger partial charge in [0.05, 0.1) is 18.3 Å². The predicted molar refractivity (Wildman–Crippen MR) is 58.9 cm³/mol. The highest BCUT2D eigenvalue weighted by Crippen LogP contribution is 2.15. The summed E-state index contributed by atoms with van der Waals surface area (Å²) >= 11 is 0. The monoisotopic (exact) mass is 224 g/mol. The summed E-state index contributed by atoms with van der Waals surface area (Å²) in [5, 5.41) is 6.83. The van der Waals surface area contributed by atoms with Crippen LogP contribution in [-0.2, 0) is 11.8 Å². The molecule has 0 bridgehead atoms. The molecule has 0 aromatic carbocycles. The molecule has 1 fully saturated rings. The van der Waals surface area contributed by atoms with Crippen LogP contribution in [0.15, 0.2) is 6.20 Å². The van der Waals surface area contributed by atoms with E-state index in [-0.39, 0.29) is 18.1 Å². The Morgan fingerprint density at radius 3 is 3.00 bits per heavy atom. The maximum Gasteiger partial charge on any atom is 0.256 e. The number of anilines is 1. The fourth-order valence-corrected chi connectivity index (χ4v) is 1.79. The van der Waals surface area contributed by atoms with Crippen molar-refractivity contribution in [3.05, 3.63) is 11.8 Å². The molecule has 0 saturated carbocycles. The number of rotatable bonds is 2. The number of nitrogens with one attached hydrogen (secondary N) is 1. The third-order valence-electron chi connectivity index (χ3n) is 2.92. The highest BCUT2D eigenvalue weighted by molar-refractivity contribution is 5.98. The summed E-state index contributed by atoms with van der Waals surface area (Å²) < 4.78 is 6.85. The van der Waals surface area contributed by atoms with Crippen molar-refractivity contribution in [1.29, 1.82) is 0 Å². The first-order chi connectivity index (χ1) is 7.59. The van der Waals surface area contributed by atoms with Crippen LogP contribution >= 0.6 is 0 Å². The first-order valence-corrected chi connectivity index (χ1v) is 5.29. The molecule has 0 spiro atoms. The van der Waals surface area contributed by atoms with E-state index in [1.54, 1.807) is 7.05 Å². The molecular weight excluding hydrogens is 208 g/mol. The van der Waals surface area contributed by atoms with Gasteiger partial charge in [-0.15, -0.1) is 0 Å². The maximum atomic E-state index is 11.9. The first-order valence-electron chi connectivity index (χ1n) is 5.29. The van der Waals surface area contributed by atoms with E-state index in [9.17, 15) is 4.79 Å². The number of nitrogen functional groups attached to an aromatic ring is 1. The highest BCUT2D eigenvalue weighted by Gasteiger charge is 2.27. The van der Waals surface area contributed by atoms with Crippen molar-refractivity contribution in [2.24, 2.45) is 7.05 Å². The molecule has 1 amide bonds. The molecule has 88 valence electrons. The fourth-order valence-electron chi connectivity index (χ4n) is 1.79. The van der Waals surface area contributed by atoms with E-state index in [0.29, 0.717) is 18.0 Å². The average molecular weight is 224 g/mol. The lowest BCUT2D eigenvalue weighted by atomic mass is 10.1. The number of nitrogens with two attached hydrogens (primary N) is 1. The van der Waals surface area contributed by atoms with E-state index in [2.05, 4.69) is 10.4 Å². The summed E-state index contributed by atoms with van der Waals surface area (Å²) in [4.78, 5) is 11.9. The standard InChI is InChI=1S/C10H16N4O2/c1-6-8(3-4-16-6)13-10(15)7-5-12-14(2)9(7)11/h5-6,8H,3-4,11H2,1-2H3,(H,13,15). The van der Waals surface area contributed by atoms with Crippen LogP contribution in [0.4, 0.5) is 5.82 Å². The van der Waals surface area contributed by atoms with Gasteiger partial charge in [-0.25, -0.2) is 0 Å². The third-order valence-corrected chi connectivity index (χ3v) is 2.92. The lowest BCUT2D eigenvalue weighted by molar-refractivity contribution is 0.0867. The van der Waals surface area contributed by atoms with Gasteiger partial charge >= 0.3 is 0 Å². The van der Waals surface area contributed by atoms with Crippen molar-refractivity contribution < 1.29 is 9.53 Å². The van der Waals surface area contributed by atoms with Crippen molar-refractivity contribution in [3.63, 3.8) is 0 Å². The van der Waals surface area contributed by atoms with Gasteiger partial charge in [-0.3, -0.25) is 9.48 Å². The topological polar surface area (TPSA) is 82.2 Å². The number of hydrogen-bond donors (Lipinski definition) is 2. The number of carbonyl (C=O) groups is 1. The molecular formula is C10H16N4O2. The molecule has 2 heterocycles. The van der Waals surface area contributed by atoms with Crippen LogP contribution in [0, 0.1) is 0 Å². The second kappa shape index (κ2) is 4.13. The number of carbonyl (C=O) groups excluding carboxylic acids is 1. The molecule has 16 heavy (non-hydrogen) atoms. The molecule has 6 heteroatoms. The largest absolute Gasteiger partial charge is 0.383 e. The predicted octanol–water partition coefficient (Wildman–Crippen LogP) is -0.0905. The second-order valence-corrected chi connectivity index (χ2v) is 4.01. The van der Waals surface area contributed by atoms with Gasteiger partial charge in [-0.05, 0) is 13.3 Å². The normalized spacial score (nSPS) is 24.6. The molecule has 1 saturated heterocycles. The minimum Gasteiger partial charge on any atom is -0.383 e. The molecule has 1 aromatic rings. The van der Waals surface area contributed by atoms with E-state index in [1.165, 1.54) is 10.9 Å². The number of nitrogens with zero attached hydrogens (tertiary/aromatic N) is 2. The molecule has 0 aliphatic carbocycles. The van der Waals surface area contributed by atoms with Crippen LogP contribution < -0.4 is 11.1 Å². The van der Waals surface area contributed by atoms with Crippen LogP contribution in [0.25, 0.3) is 0 Å². The SMILES string of the molecule is CC1OCCC1NC(=O)c1cnn(C)c1N. The summed E-state index contributed by atoms with van der Waals surface area (Å²) in [5.74, 6) is 0.192. The van der Waals surface area contributed by atoms with E-state index in [0.717, 1.165) is 6.42 Å². The summed E-state index contributed by atoms with van der Waals surface area (Å²) in [5.41, 5.74) is 6.14. The van der Waals surface area contributed by atoms with Gasteiger partial charge in [0.25, 0.3) is 5.91 Å². The van der Waals surface area contributed by atoms with Crippen molar-refractivity contribution in [2.75, 3.05) is 12.3 Å². The Morgan fingerprint density at radius 1 is 1.75 bits per heavy atom. The van der Waals surface area contributed by atoms with Gasteiger partial charge in [0, 0.05) is 13.7 Å². The van der Waals surface area contributed by atoms with E-state index >= 15 is 0 Å². The summed E-state index contributed by atoms with van der Waals surface area (Å²) in [7, 11) is 1.70. The molecule has 0 radical (unpaired) electrons. The van der Waals surface area contributed by atoms with Gasteiger partial charge < -0.3 is 15.8 Å². The number of amides is 1. The zero-order valence-electron chi connectivity index (χ0n) is 9.43. The molecule has 3 N–H and O–H groups in total. The van der Waals surface area contributed by atoms with E-state index < -0.39 is 0 Å². The zero-order chi connectivity index (χ0) is 11.7. The lowest BCUT2D eigenvalue weighted by Crippen LogP contribution is -2.39. The van der Waals surface area contributed by atoms with Gasteiger partial charge in [-0.1, -0.05) is 0 Å². The molecule has 1 aliphatic heterocycles. The Balaban J connectivity index is 2.06. The first kappa shape index (κ1) is 10.9. The number of hydrogen-bond acceptors (Lipinski definition) is 4. The van der Waals surface area contributed by atoms with Crippen molar-refractivity contribution >= 4 is 11.7 Å². The third kappa shape index (κ3) is 1.88. The average Bonchev–Trinajstić information content (AvgIpc) is 2.77. The zero-order valence-corrected chi connectivity index (χ0v) is 9.43. The van der Waals surface area contributed by atoms with Crippen LogP contribution in [0.1, 0.15) is 23.7 Å². The Labute approximate surface area is 93.8 Å². The highest BCUT2D eigenvalue weighted by atomic mass is 16.5.